The summed E-state index contributed by atoms with van der Waals surface area (Å²) in [5.41, 5.74) is 1.02. The Labute approximate surface area is 120 Å². The minimum absolute atomic E-state index is 0.0397. The van der Waals surface area contributed by atoms with Gasteiger partial charge in [0, 0.05) is 40.3 Å². The van der Waals surface area contributed by atoms with Crippen LogP contribution in [0, 0.1) is 11.3 Å². The van der Waals surface area contributed by atoms with E-state index in [1.54, 1.807) is 19.0 Å². The molecule has 1 aromatic rings. The number of rotatable bonds is 2. The largest absolute Gasteiger partial charge is 0.331 e. The zero-order valence-electron chi connectivity index (χ0n) is 12.0. The van der Waals surface area contributed by atoms with Crippen LogP contribution in [0.15, 0.2) is 30.3 Å². The van der Waals surface area contributed by atoms with Gasteiger partial charge in [-0.2, -0.15) is 5.26 Å². The zero-order valence-corrected chi connectivity index (χ0v) is 12.0. The number of nitrogens with zero attached hydrogens (tertiary/aromatic N) is 4. The van der Waals surface area contributed by atoms with Gasteiger partial charge < -0.3 is 9.80 Å². The van der Waals surface area contributed by atoms with E-state index in [0.29, 0.717) is 13.1 Å². The van der Waals surface area contributed by atoms with Crippen molar-refractivity contribution in [2.24, 2.45) is 0 Å². The SMILES string of the molecule is CN(C)C(=O)N1CCN([C@H](C#N)c2ccccc2)CC1. The van der Waals surface area contributed by atoms with E-state index in [-0.39, 0.29) is 12.1 Å². The second-order valence-electron chi connectivity index (χ2n) is 5.14. The summed E-state index contributed by atoms with van der Waals surface area (Å²) in [5, 5.41) is 9.41. The number of benzene rings is 1. The molecule has 0 bridgehead atoms. The predicted octanol–water partition coefficient (Wildman–Crippen LogP) is 1.55. The van der Waals surface area contributed by atoms with E-state index in [2.05, 4.69) is 11.0 Å². The second kappa shape index (κ2) is 6.40. The third-order valence-electron chi connectivity index (χ3n) is 3.57. The van der Waals surface area contributed by atoms with Crippen LogP contribution in [0.1, 0.15) is 11.6 Å². The number of piperazine rings is 1. The summed E-state index contributed by atoms with van der Waals surface area (Å²) in [7, 11) is 3.52. The first-order chi connectivity index (χ1) is 9.63. The topological polar surface area (TPSA) is 50.6 Å². The highest BCUT2D eigenvalue weighted by Crippen LogP contribution is 2.21. The van der Waals surface area contributed by atoms with Gasteiger partial charge >= 0.3 is 6.03 Å². The quantitative estimate of drug-likeness (QED) is 0.821. The van der Waals surface area contributed by atoms with E-state index in [9.17, 15) is 10.1 Å². The summed E-state index contributed by atoms with van der Waals surface area (Å²) in [6.07, 6.45) is 0. The molecular weight excluding hydrogens is 252 g/mol. The van der Waals surface area contributed by atoms with Crippen molar-refractivity contribution in [3.63, 3.8) is 0 Å². The summed E-state index contributed by atoms with van der Waals surface area (Å²) in [5.74, 6) is 0. The fourth-order valence-corrected chi connectivity index (χ4v) is 2.46. The number of hydrogen-bond acceptors (Lipinski definition) is 3. The van der Waals surface area contributed by atoms with Gasteiger partial charge in [-0.1, -0.05) is 30.3 Å². The Kier molecular flexibility index (Phi) is 4.59. The Balaban J connectivity index is 1.99. The zero-order chi connectivity index (χ0) is 14.5. The molecule has 1 aliphatic heterocycles. The molecule has 2 rings (SSSR count). The molecule has 1 heterocycles. The molecule has 0 radical (unpaired) electrons. The van der Waals surface area contributed by atoms with Crippen molar-refractivity contribution in [1.82, 2.24) is 14.7 Å². The normalized spacial score (nSPS) is 17.4. The van der Waals surface area contributed by atoms with Gasteiger partial charge in [-0.25, -0.2) is 4.79 Å². The van der Waals surface area contributed by atoms with Crippen LogP contribution in [0.4, 0.5) is 4.79 Å². The van der Waals surface area contributed by atoms with E-state index in [4.69, 9.17) is 0 Å². The van der Waals surface area contributed by atoms with Crippen LogP contribution in [0.5, 0.6) is 0 Å². The molecule has 0 unspecified atom stereocenters. The average molecular weight is 272 g/mol. The second-order valence-corrected chi connectivity index (χ2v) is 5.14. The van der Waals surface area contributed by atoms with Crippen molar-refractivity contribution >= 4 is 6.03 Å². The highest BCUT2D eigenvalue weighted by molar-refractivity contribution is 5.73. The lowest BCUT2D eigenvalue weighted by Gasteiger charge is -2.37. The van der Waals surface area contributed by atoms with Gasteiger partial charge in [-0.05, 0) is 5.56 Å². The van der Waals surface area contributed by atoms with Crippen LogP contribution >= 0.6 is 0 Å². The Morgan fingerprint density at radius 1 is 1.20 bits per heavy atom. The molecule has 106 valence electrons. The maximum atomic E-state index is 11.9. The van der Waals surface area contributed by atoms with Crippen LogP contribution in [0.2, 0.25) is 0 Å². The van der Waals surface area contributed by atoms with E-state index in [0.717, 1.165) is 18.7 Å². The number of amides is 2. The van der Waals surface area contributed by atoms with Crippen LogP contribution in [0.3, 0.4) is 0 Å². The van der Waals surface area contributed by atoms with Gasteiger partial charge in [-0.15, -0.1) is 0 Å². The van der Waals surface area contributed by atoms with Gasteiger partial charge in [0.05, 0.1) is 6.07 Å². The Bertz CT molecular complexity index is 486. The lowest BCUT2D eigenvalue weighted by Crippen LogP contribution is -2.52. The molecule has 0 aromatic heterocycles. The molecule has 1 aromatic carbocycles. The molecule has 1 fully saturated rings. The summed E-state index contributed by atoms with van der Waals surface area (Å²) >= 11 is 0. The van der Waals surface area contributed by atoms with Crippen molar-refractivity contribution in [1.29, 1.82) is 5.26 Å². The minimum atomic E-state index is -0.229. The minimum Gasteiger partial charge on any atom is -0.331 e. The summed E-state index contributed by atoms with van der Waals surface area (Å²) in [4.78, 5) is 17.4. The molecule has 5 heteroatoms. The highest BCUT2D eigenvalue weighted by atomic mass is 16.2. The van der Waals surface area contributed by atoms with E-state index in [1.807, 2.05) is 35.2 Å². The number of urea groups is 1. The third kappa shape index (κ3) is 3.09. The summed E-state index contributed by atoms with van der Waals surface area (Å²) in [6.45, 7) is 2.80. The molecule has 0 aliphatic carbocycles. The molecule has 20 heavy (non-hydrogen) atoms. The number of carbonyl (C=O) groups is 1. The van der Waals surface area contributed by atoms with Crippen molar-refractivity contribution < 1.29 is 4.79 Å². The van der Waals surface area contributed by atoms with Crippen LogP contribution in [-0.2, 0) is 0 Å². The van der Waals surface area contributed by atoms with E-state index >= 15 is 0 Å². The molecule has 0 spiro atoms. The number of hydrogen-bond donors (Lipinski definition) is 0. The van der Waals surface area contributed by atoms with Crippen molar-refractivity contribution in [2.45, 2.75) is 6.04 Å². The molecule has 1 saturated heterocycles. The standard InChI is InChI=1S/C15H20N4O/c1-17(2)15(20)19-10-8-18(9-11-19)14(12-16)13-6-4-3-5-7-13/h3-7,14H,8-11H2,1-2H3/t14-/m1/s1. The summed E-state index contributed by atoms with van der Waals surface area (Å²) < 4.78 is 0. The predicted molar refractivity (Wildman–Crippen MR) is 77.0 cm³/mol. The molecule has 1 aliphatic rings. The average Bonchev–Trinajstić information content (AvgIpc) is 2.49. The molecule has 0 saturated carbocycles. The van der Waals surface area contributed by atoms with Crippen LogP contribution < -0.4 is 0 Å². The van der Waals surface area contributed by atoms with Gasteiger partial charge in [0.1, 0.15) is 6.04 Å². The highest BCUT2D eigenvalue weighted by Gasteiger charge is 2.27. The molecule has 5 nitrogen and oxygen atoms in total. The van der Waals surface area contributed by atoms with Gasteiger partial charge in [0.15, 0.2) is 0 Å². The molecule has 1 atom stereocenters. The number of nitriles is 1. The molecular formula is C15H20N4O. The van der Waals surface area contributed by atoms with Crippen LogP contribution in [0.25, 0.3) is 0 Å². The van der Waals surface area contributed by atoms with E-state index in [1.165, 1.54) is 0 Å². The molecule has 0 N–H and O–H groups in total. The first kappa shape index (κ1) is 14.4. The Hall–Kier alpha value is -2.06. The third-order valence-corrected chi connectivity index (χ3v) is 3.57. The maximum Gasteiger partial charge on any atom is 0.319 e. The first-order valence-corrected chi connectivity index (χ1v) is 6.78. The maximum absolute atomic E-state index is 11.9. The fourth-order valence-electron chi connectivity index (χ4n) is 2.46. The van der Waals surface area contributed by atoms with Gasteiger partial charge in [0.2, 0.25) is 0 Å². The first-order valence-electron chi connectivity index (χ1n) is 6.78. The van der Waals surface area contributed by atoms with Gasteiger partial charge in [0.25, 0.3) is 0 Å². The van der Waals surface area contributed by atoms with Crippen molar-refractivity contribution in [3.8, 4) is 6.07 Å². The smallest absolute Gasteiger partial charge is 0.319 e. The Morgan fingerprint density at radius 2 is 1.80 bits per heavy atom. The lowest BCUT2D eigenvalue weighted by molar-refractivity contribution is 0.111. The molecule has 2 amide bonds. The van der Waals surface area contributed by atoms with Crippen molar-refractivity contribution in [2.75, 3.05) is 40.3 Å². The monoisotopic (exact) mass is 272 g/mol. The Morgan fingerprint density at radius 3 is 2.30 bits per heavy atom. The fraction of sp³-hybridized carbons (Fsp3) is 0.467. The lowest BCUT2D eigenvalue weighted by atomic mass is 10.1. The van der Waals surface area contributed by atoms with E-state index < -0.39 is 0 Å². The van der Waals surface area contributed by atoms with Crippen molar-refractivity contribution in [3.05, 3.63) is 35.9 Å². The summed E-state index contributed by atoms with van der Waals surface area (Å²) in [6, 6.07) is 12.0. The van der Waals surface area contributed by atoms with Gasteiger partial charge in [-0.3, -0.25) is 4.90 Å². The van der Waals surface area contributed by atoms with Crippen LogP contribution in [-0.4, -0.2) is 61.0 Å². The number of carbonyl (C=O) groups excluding carboxylic acids is 1.